The Hall–Kier alpha value is -2.82. The van der Waals surface area contributed by atoms with Crippen LogP contribution in [0.25, 0.3) is 0 Å². The van der Waals surface area contributed by atoms with E-state index < -0.39 is 0 Å². The van der Waals surface area contributed by atoms with E-state index in [2.05, 4.69) is 10.6 Å². The molecule has 0 atom stereocenters. The van der Waals surface area contributed by atoms with Crippen LogP contribution in [0.15, 0.2) is 72.8 Å². The molecule has 0 saturated carbocycles. The van der Waals surface area contributed by atoms with Crippen LogP contribution in [0.2, 0.25) is 10.0 Å². The zero-order valence-electron chi connectivity index (χ0n) is 13.5. The molecule has 0 aliphatic heterocycles. The molecule has 0 saturated heterocycles. The molecule has 0 spiro atoms. The van der Waals surface area contributed by atoms with E-state index in [4.69, 9.17) is 23.2 Å². The highest BCUT2D eigenvalue weighted by Gasteiger charge is 2.11. The number of halogens is 2. The Morgan fingerprint density at radius 1 is 0.654 bits per heavy atom. The van der Waals surface area contributed by atoms with Crippen LogP contribution in [0.3, 0.4) is 0 Å². The van der Waals surface area contributed by atoms with Crippen LogP contribution in [-0.4, -0.2) is 11.8 Å². The normalized spacial score (nSPS) is 10.2. The van der Waals surface area contributed by atoms with E-state index in [1.165, 1.54) is 0 Å². The molecule has 0 aliphatic rings. The number of benzene rings is 3. The largest absolute Gasteiger partial charge is 0.322 e. The maximum Gasteiger partial charge on any atom is 0.255 e. The van der Waals surface area contributed by atoms with Crippen LogP contribution in [-0.2, 0) is 0 Å². The lowest BCUT2D eigenvalue weighted by Crippen LogP contribution is -2.14. The molecule has 0 bridgehead atoms. The lowest BCUT2D eigenvalue weighted by Gasteiger charge is -2.09. The summed E-state index contributed by atoms with van der Waals surface area (Å²) in [5.41, 5.74) is 2.02. The minimum atomic E-state index is -0.324. The van der Waals surface area contributed by atoms with Gasteiger partial charge in [0, 0.05) is 16.8 Å². The van der Waals surface area contributed by atoms with Gasteiger partial charge in [0.05, 0.1) is 15.7 Å². The molecule has 6 heteroatoms. The zero-order chi connectivity index (χ0) is 18.5. The first-order valence-electron chi connectivity index (χ1n) is 7.76. The third-order valence-electron chi connectivity index (χ3n) is 3.64. The van der Waals surface area contributed by atoms with Crippen molar-refractivity contribution < 1.29 is 9.59 Å². The van der Waals surface area contributed by atoms with E-state index in [1.54, 1.807) is 66.7 Å². The fourth-order valence-electron chi connectivity index (χ4n) is 2.29. The number of anilines is 2. The molecule has 3 aromatic carbocycles. The van der Waals surface area contributed by atoms with Crippen molar-refractivity contribution in [2.45, 2.75) is 0 Å². The molecule has 0 unspecified atom stereocenters. The topological polar surface area (TPSA) is 58.2 Å². The number of amides is 2. The minimum Gasteiger partial charge on any atom is -0.322 e. The number of carbonyl (C=O) groups is 2. The van der Waals surface area contributed by atoms with Gasteiger partial charge in [-0.15, -0.1) is 0 Å². The molecular formula is C20H14Cl2N2O2. The Kier molecular flexibility index (Phi) is 5.56. The first-order chi connectivity index (χ1) is 12.5. The van der Waals surface area contributed by atoms with Crippen molar-refractivity contribution in [3.05, 3.63) is 94.0 Å². The quantitative estimate of drug-likeness (QED) is 0.623. The molecule has 26 heavy (non-hydrogen) atoms. The van der Waals surface area contributed by atoms with Gasteiger partial charge in [-0.2, -0.15) is 0 Å². The van der Waals surface area contributed by atoms with Crippen LogP contribution in [0.4, 0.5) is 11.4 Å². The predicted molar refractivity (Wildman–Crippen MR) is 105 cm³/mol. The van der Waals surface area contributed by atoms with Gasteiger partial charge in [0.25, 0.3) is 11.8 Å². The summed E-state index contributed by atoms with van der Waals surface area (Å²) in [4.78, 5) is 24.5. The van der Waals surface area contributed by atoms with Crippen LogP contribution >= 0.6 is 23.2 Å². The van der Waals surface area contributed by atoms with Crippen molar-refractivity contribution in [1.29, 1.82) is 0 Å². The molecule has 0 fully saturated rings. The molecule has 2 amide bonds. The van der Waals surface area contributed by atoms with Crippen molar-refractivity contribution in [3.8, 4) is 0 Å². The SMILES string of the molecule is O=C(Nc1ccc(C(=O)Nc2cccc(Cl)c2Cl)cc1)c1ccccc1. The number of carbonyl (C=O) groups excluding carboxylic acids is 2. The average Bonchev–Trinajstić information content (AvgIpc) is 2.66. The molecule has 0 heterocycles. The van der Waals surface area contributed by atoms with Crippen molar-refractivity contribution >= 4 is 46.4 Å². The average molecular weight is 385 g/mol. The highest BCUT2D eigenvalue weighted by atomic mass is 35.5. The molecule has 2 N–H and O–H groups in total. The van der Waals surface area contributed by atoms with Gasteiger partial charge in [-0.1, -0.05) is 47.5 Å². The highest BCUT2D eigenvalue weighted by Crippen LogP contribution is 2.29. The highest BCUT2D eigenvalue weighted by molar-refractivity contribution is 6.44. The van der Waals surface area contributed by atoms with E-state index in [0.717, 1.165) is 0 Å². The second-order valence-corrected chi connectivity index (χ2v) is 6.24. The monoisotopic (exact) mass is 384 g/mol. The number of rotatable bonds is 4. The summed E-state index contributed by atoms with van der Waals surface area (Å²) in [6.07, 6.45) is 0. The Bertz CT molecular complexity index is 942. The summed E-state index contributed by atoms with van der Waals surface area (Å²) in [6, 6.07) is 20.5. The zero-order valence-corrected chi connectivity index (χ0v) is 15.0. The minimum absolute atomic E-state index is 0.214. The summed E-state index contributed by atoms with van der Waals surface area (Å²) in [6.45, 7) is 0. The Balaban J connectivity index is 1.68. The van der Waals surface area contributed by atoms with Crippen LogP contribution in [0.1, 0.15) is 20.7 Å². The molecule has 0 aliphatic carbocycles. The Morgan fingerprint density at radius 2 is 1.27 bits per heavy atom. The second-order valence-electron chi connectivity index (χ2n) is 5.45. The van der Waals surface area contributed by atoms with E-state index in [0.29, 0.717) is 27.5 Å². The van der Waals surface area contributed by atoms with Gasteiger partial charge >= 0.3 is 0 Å². The van der Waals surface area contributed by atoms with Crippen LogP contribution in [0, 0.1) is 0 Å². The van der Waals surface area contributed by atoms with Gasteiger partial charge < -0.3 is 10.6 Å². The van der Waals surface area contributed by atoms with E-state index in [1.807, 2.05) is 6.07 Å². The first-order valence-corrected chi connectivity index (χ1v) is 8.52. The van der Waals surface area contributed by atoms with Gasteiger partial charge in [0.15, 0.2) is 0 Å². The molecule has 3 aromatic rings. The van der Waals surface area contributed by atoms with Crippen LogP contribution in [0.5, 0.6) is 0 Å². The summed E-state index contributed by atoms with van der Waals surface area (Å²) in [7, 11) is 0. The lowest BCUT2D eigenvalue weighted by atomic mass is 10.1. The van der Waals surface area contributed by atoms with Crippen molar-refractivity contribution in [3.63, 3.8) is 0 Å². The fourth-order valence-corrected chi connectivity index (χ4v) is 2.64. The molecule has 0 radical (unpaired) electrons. The first kappa shape index (κ1) is 18.0. The number of nitrogens with one attached hydrogen (secondary N) is 2. The smallest absolute Gasteiger partial charge is 0.255 e. The van der Waals surface area contributed by atoms with Gasteiger partial charge in [-0.05, 0) is 48.5 Å². The van der Waals surface area contributed by atoms with Gasteiger partial charge in [0.1, 0.15) is 0 Å². The maximum atomic E-state index is 12.3. The number of hydrogen-bond donors (Lipinski definition) is 2. The van der Waals surface area contributed by atoms with Crippen molar-refractivity contribution in [1.82, 2.24) is 0 Å². The summed E-state index contributed by atoms with van der Waals surface area (Å²) in [5.74, 6) is -0.538. The molecule has 4 nitrogen and oxygen atoms in total. The third kappa shape index (κ3) is 4.23. The van der Waals surface area contributed by atoms with Gasteiger partial charge in [0.2, 0.25) is 0 Å². The summed E-state index contributed by atoms with van der Waals surface area (Å²) >= 11 is 12.0. The summed E-state index contributed by atoms with van der Waals surface area (Å²) < 4.78 is 0. The van der Waals surface area contributed by atoms with Crippen molar-refractivity contribution in [2.24, 2.45) is 0 Å². The number of hydrogen-bond acceptors (Lipinski definition) is 2. The Labute approximate surface area is 160 Å². The van der Waals surface area contributed by atoms with E-state index in [-0.39, 0.29) is 16.8 Å². The fraction of sp³-hybridized carbons (Fsp3) is 0. The Morgan fingerprint density at radius 3 is 1.96 bits per heavy atom. The van der Waals surface area contributed by atoms with Gasteiger partial charge in [-0.3, -0.25) is 9.59 Å². The summed E-state index contributed by atoms with van der Waals surface area (Å²) in [5, 5.41) is 6.14. The van der Waals surface area contributed by atoms with Gasteiger partial charge in [-0.25, -0.2) is 0 Å². The molecule has 0 aromatic heterocycles. The maximum absolute atomic E-state index is 12.3. The standard InChI is InChI=1S/C20H14Cl2N2O2/c21-16-7-4-8-17(18(16)22)24-20(26)14-9-11-15(12-10-14)23-19(25)13-5-2-1-3-6-13/h1-12H,(H,23,25)(H,24,26). The van der Waals surface area contributed by atoms with E-state index >= 15 is 0 Å². The third-order valence-corrected chi connectivity index (χ3v) is 4.46. The van der Waals surface area contributed by atoms with Crippen LogP contribution < -0.4 is 10.6 Å². The molecule has 130 valence electrons. The van der Waals surface area contributed by atoms with Crippen molar-refractivity contribution in [2.75, 3.05) is 10.6 Å². The van der Waals surface area contributed by atoms with E-state index in [9.17, 15) is 9.59 Å². The second kappa shape index (κ2) is 8.04. The lowest BCUT2D eigenvalue weighted by molar-refractivity contribution is 0.102. The molecule has 3 rings (SSSR count). The predicted octanol–water partition coefficient (Wildman–Crippen LogP) is 5.50. The molecular weight excluding hydrogens is 371 g/mol.